The maximum Gasteiger partial charge on any atom is 0.224 e. The fourth-order valence-corrected chi connectivity index (χ4v) is 4.19. The number of thiazole rings is 1. The fourth-order valence-electron chi connectivity index (χ4n) is 3.50. The number of aromatic nitrogens is 1. The van der Waals surface area contributed by atoms with Gasteiger partial charge in [0.25, 0.3) is 0 Å². The minimum Gasteiger partial charge on any atom is -0.353 e. The van der Waals surface area contributed by atoms with Crippen LogP contribution in [0.4, 0.5) is 5.13 Å². The van der Waals surface area contributed by atoms with Gasteiger partial charge in [0, 0.05) is 30.7 Å². The van der Waals surface area contributed by atoms with E-state index in [9.17, 15) is 4.79 Å². The molecule has 4 rings (SSSR count). The Kier molecular flexibility index (Phi) is 5.49. The average molecular weight is 378 g/mol. The number of hydrogen-bond donors (Lipinski definition) is 1. The highest BCUT2D eigenvalue weighted by molar-refractivity contribution is 7.13. The third-order valence-electron chi connectivity index (χ3n) is 4.98. The second kappa shape index (κ2) is 8.35. The zero-order valence-corrected chi connectivity index (χ0v) is 16.0. The second-order valence-electron chi connectivity index (χ2n) is 6.88. The molecular weight excluding hydrogens is 354 g/mol. The van der Waals surface area contributed by atoms with Gasteiger partial charge in [0.05, 0.1) is 6.42 Å². The largest absolute Gasteiger partial charge is 0.353 e. The lowest BCUT2D eigenvalue weighted by Crippen LogP contribution is -2.45. The minimum absolute atomic E-state index is 0.107. The first kappa shape index (κ1) is 17.7. The van der Waals surface area contributed by atoms with Gasteiger partial charge >= 0.3 is 0 Å². The summed E-state index contributed by atoms with van der Waals surface area (Å²) in [5, 5.41) is 6.28. The summed E-state index contributed by atoms with van der Waals surface area (Å²) in [7, 11) is 0. The summed E-state index contributed by atoms with van der Waals surface area (Å²) in [6.45, 7) is 1.90. The molecule has 0 bridgehead atoms. The number of anilines is 1. The van der Waals surface area contributed by atoms with Crippen LogP contribution < -0.4 is 10.2 Å². The van der Waals surface area contributed by atoms with Crippen LogP contribution in [0.5, 0.6) is 0 Å². The van der Waals surface area contributed by atoms with Crippen molar-refractivity contribution >= 4 is 22.4 Å². The van der Waals surface area contributed by atoms with E-state index < -0.39 is 0 Å². The van der Waals surface area contributed by atoms with E-state index in [1.54, 1.807) is 11.3 Å². The van der Waals surface area contributed by atoms with E-state index in [0.717, 1.165) is 36.6 Å². The van der Waals surface area contributed by atoms with Gasteiger partial charge in [0.2, 0.25) is 5.91 Å². The van der Waals surface area contributed by atoms with Crippen LogP contribution in [-0.4, -0.2) is 30.0 Å². The molecule has 3 aromatic rings. The molecule has 1 amide bonds. The Balaban J connectivity index is 1.27. The first-order valence-electron chi connectivity index (χ1n) is 9.36. The molecule has 1 fully saturated rings. The molecule has 1 aromatic heterocycles. The van der Waals surface area contributed by atoms with Gasteiger partial charge in [0.1, 0.15) is 0 Å². The van der Waals surface area contributed by atoms with Crippen molar-refractivity contribution in [2.24, 2.45) is 0 Å². The number of amides is 1. The van der Waals surface area contributed by atoms with E-state index in [0.29, 0.717) is 6.42 Å². The number of carbonyl (C=O) groups excluding carboxylic acids is 1. The van der Waals surface area contributed by atoms with Crippen molar-refractivity contribution in [3.63, 3.8) is 0 Å². The Labute approximate surface area is 163 Å². The van der Waals surface area contributed by atoms with E-state index in [2.05, 4.69) is 39.5 Å². The monoisotopic (exact) mass is 377 g/mol. The molecule has 0 atom stereocenters. The van der Waals surface area contributed by atoms with Gasteiger partial charge in [-0.1, -0.05) is 54.6 Å². The summed E-state index contributed by atoms with van der Waals surface area (Å²) >= 11 is 1.67. The fraction of sp³-hybridized carbons (Fsp3) is 0.273. The van der Waals surface area contributed by atoms with E-state index in [1.807, 2.05) is 41.9 Å². The molecule has 1 aliphatic rings. The van der Waals surface area contributed by atoms with Crippen molar-refractivity contribution < 1.29 is 4.79 Å². The van der Waals surface area contributed by atoms with E-state index >= 15 is 0 Å². The van der Waals surface area contributed by atoms with E-state index in [4.69, 9.17) is 0 Å². The van der Waals surface area contributed by atoms with E-state index in [-0.39, 0.29) is 11.9 Å². The van der Waals surface area contributed by atoms with Crippen LogP contribution >= 0.6 is 11.3 Å². The maximum absolute atomic E-state index is 12.4. The summed E-state index contributed by atoms with van der Waals surface area (Å²) < 4.78 is 0. The Morgan fingerprint density at radius 3 is 2.41 bits per heavy atom. The molecule has 1 N–H and O–H groups in total. The summed E-state index contributed by atoms with van der Waals surface area (Å²) in [5.41, 5.74) is 3.42. The standard InChI is InChI=1S/C22H23N3OS/c26-21(24-20-10-13-25(14-11-20)22-23-12-15-27-22)16-17-6-8-19(9-7-17)18-4-2-1-3-5-18/h1-9,12,15,20H,10-11,13-14,16H2,(H,24,26). The van der Waals surface area contributed by atoms with E-state index in [1.165, 1.54) is 11.1 Å². The van der Waals surface area contributed by atoms with Crippen molar-refractivity contribution in [2.75, 3.05) is 18.0 Å². The lowest BCUT2D eigenvalue weighted by Gasteiger charge is -2.32. The molecule has 1 aliphatic heterocycles. The summed E-state index contributed by atoms with van der Waals surface area (Å²) in [4.78, 5) is 19.1. The molecule has 138 valence electrons. The number of nitrogens with zero attached hydrogens (tertiary/aromatic N) is 2. The SMILES string of the molecule is O=C(Cc1ccc(-c2ccccc2)cc1)NC1CCN(c2nccs2)CC1. The van der Waals surface area contributed by atoms with Crippen LogP contribution in [-0.2, 0) is 11.2 Å². The predicted octanol–water partition coefficient (Wildman–Crippen LogP) is 4.14. The lowest BCUT2D eigenvalue weighted by atomic mass is 10.0. The number of piperidine rings is 1. The maximum atomic E-state index is 12.4. The topological polar surface area (TPSA) is 45.2 Å². The Hall–Kier alpha value is -2.66. The van der Waals surface area contributed by atoms with Gasteiger partial charge in [-0.05, 0) is 29.5 Å². The van der Waals surface area contributed by atoms with Crippen molar-refractivity contribution in [1.82, 2.24) is 10.3 Å². The van der Waals surface area contributed by atoms with Gasteiger partial charge in [0.15, 0.2) is 5.13 Å². The van der Waals surface area contributed by atoms with Crippen LogP contribution in [0.2, 0.25) is 0 Å². The molecule has 27 heavy (non-hydrogen) atoms. The molecule has 5 heteroatoms. The van der Waals surface area contributed by atoms with Crippen LogP contribution in [0.15, 0.2) is 66.2 Å². The number of benzene rings is 2. The normalized spacial score (nSPS) is 14.9. The second-order valence-corrected chi connectivity index (χ2v) is 7.76. The van der Waals surface area contributed by atoms with Gasteiger partial charge in [-0.25, -0.2) is 4.98 Å². The molecule has 0 radical (unpaired) electrons. The molecule has 1 saturated heterocycles. The number of hydrogen-bond acceptors (Lipinski definition) is 4. The smallest absolute Gasteiger partial charge is 0.224 e. The zero-order chi connectivity index (χ0) is 18.5. The molecule has 2 heterocycles. The van der Waals surface area contributed by atoms with Gasteiger partial charge < -0.3 is 10.2 Å². The third-order valence-corrected chi connectivity index (χ3v) is 5.81. The highest BCUT2D eigenvalue weighted by Crippen LogP contribution is 2.22. The summed E-state index contributed by atoms with van der Waals surface area (Å²) in [6, 6.07) is 18.8. The molecule has 0 saturated carbocycles. The Morgan fingerprint density at radius 1 is 1.04 bits per heavy atom. The quantitative estimate of drug-likeness (QED) is 0.727. The Morgan fingerprint density at radius 2 is 1.74 bits per heavy atom. The predicted molar refractivity (Wildman–Crippen MR) is 111 cm³/mol. The summed E-state index contributed by atoms with van der Waals surface area (Å²) in [6.07, 6.45) is 4.22. The van der Waals surface area contributed by atoms with Crippen LogP contribution in [0.3, 0.4) is 0 Å². The Bertz CT molecular complexity index is 854. The van der Waals surface area contributed by atoms with Gasteiger partial charge in [-0.2, -0.15) is 0 Å². The van der Waals surface area contributed by atoms with Crippen molar-refractivity contribution in [3.8, 4) is 11.1 Å². The number of rotatable bonds is 5. The first-order chi connectivity index (χ1) is 13.3. The molecule has 4 nitrogen and oxygen atoms in total. The number of carbonyl (C=O) groups is 1. The minimum atomic E-state index is 0.107. The molecular formula is C22H23N3OS. The zero-order valence-electron chi connectivity index (χ0n) is 15.2. The lowest BCUT2D eigenvalue weighted by molar-refractivity contribution is -0.121. The molecule has 2 aromatic carbocycles. The van der Waals surface area contributed by atoms with Crippen LogP contribution in [0, 0.1) is 0 Å². The summed E-state index contributed by atoms with van der Waals surface area (Å²) in [5.74, 6) is 0.107. The molecule has 0 spiro atoms. The van der Waals surface area contributed by atoms with Gasteiger partial charge in [-0.15, -0.1) is 11.3 Å². The van der Waals surface area contributed by atoms with Crippen molar-refractivity contribution in [2.45, 2.75) is 25.3 Å². The molecule has 0 unspecified atom stereocenters. The van der Waals surface area contributed by atoms with Crippen molar-refractivity contribution in [3.05, 3.63) is 71.7 Å². The van der Waals surface area contributed by atoms with Crippen LogP contribution in [0.25, 0.3) is 11.1 Å². The third kappa shape index (κ3) is 4.55. The average Bonchev–Trinajstić information content (AvgIpc) is 3.25. The van der Waals surface area contributed by atoms with Crippen LogP contribution in [0.1, 0.15) is 18.4 Å². The first-order valence-corrected chi connectivity index (χ1v) is 10.2. The highest BCUT2D eigenvalue weighted by Gasteiger charge is 2.21. The molecule has 0 aliphatic carbocycles. The highest BCUT2D eigenvalue weighted by atomic mass is 32.1. The van der Waals surface area contributed by atoms with Gasteiger partial charge in [-0.3, -0.25) is 4.79 Å². The number of nitrogens with one attached hydrogen (secondary N) is 1. The van der Waals surface area contributed by atoms with Crippen molar-refractivity contribution in [1.29, 1.82) is 0 Å².